The number of hydrogen-bond donors (Lipinski definition) is 1. The van der Waals surface area contributed by atoms with Crippen LogP contribution in [0.25, 0.3) is 0 Å². The Morgan fingerprint density at radius 2 is 2.36 bits per heavy atom. The fourth-order valence-corrected chi connectivity index (χ4v) is 3.35. The van der Waals surface area contributed by atoms with E-state index in [9.17, 15) is 0 Å². The standard InChI is InChI=1S/C11H20N2S/c1-11(6-4-8-14-11)9-13-10-5-2-3-7-12-10/h2-9H2,1H3,(H,12,13). The van der Waals surface area contributed by atoms with E-state index >= 15 is 0 Å². The molecule has 3 heteroatoms. The Morgan fingerprint density at radius 3 is 3.00 bits per heavy atom. The Labute approximate surface area is 90.9 Å². The zero-order valence-corrected chi connectivity index (χ0v) is 9.83. The van der Waals surface area contributed by atoms with Gasteiger partial charge in [-0.15, -0.1) is 0 Å². The van der Waals surface area contributed by atoms with Crippen molar-refractivity contribution in [2.45, 2.75) is 43.8 Å². The van der Waals surface area contributed by atoms with E-state index in [4.69, 9.17) is 0 Å². The van der Waals surface area contributed by atoms with Crippen LogP contribution in [0.3, 0.4) is 0 Å². The van der Waals surface area contributed by atoms with Crippen molar-refractivity contribution in [1.82, 2.24) is 5.32 Å². The molecule has 2 aliphatic rings. The zero-order valence-electron chi connectivity index (χ0n) is 9.01. The molecular weight excluding hydrogens is 192 g/mol. The Balaban J connectivity index is 1.78. The maximum absolute atomic E-state index is 4.52. The summed E-state index contributed by atoms with van der Waals surface area (Å²) in [6, 6.07) is 0. The topological polar surface area (TPSA) is 24.4 Å². The van der Waals surface area contributed by atoms with Crippen LogP contribution in [0.4, 0.5) is 0 Å². The van der Waals surface area contributed by atoms with Gasteiger partial charge in [-0.05, 0) is 38.4 Å². The maximum atomic E-state index is 4.52. The van der Waals surface area contributed by atoms with Crippen molar-refractivity contribution in [3.63, 3.8) is 0 Å². The largest absolute Gasteiger partial charge is 0.372 e. The molecule has 0 amide bonds. The van der Waals surface area contributed by atoms with Gasteiger partial charge in [-0.3, -0.25) is 4.99 Å². The predicted octanol–water partition coefficient (Wildman–Crippen LogP) is 2.44. The van der Waals surface area contributed by atoms with Gasteiger partial charge < -0.3 is 5.32 Å². The van der Waals surface area contributed by atoms with Crippen molar-refractivity contribution in [2.75, 3.05) is 18.8 Å². The highest BCUT2D eigenvalue weighted by molar-refractivity contribution is 8.00. The molecule has 0 bridgehead atoms. The quantitative estimate of drug-likeness (QED) is 0.760. The molecule has 0 saturated carbocycles. The second-order valence-corrected chi connectivity index (χ2v) is 6.22. The highest BCUT2D eigenvalue weighted by Gasteiger charge is 2.29. The fourth-order valence-electron chi connectivity index (χ4n) is 2.11. The number of hydrogen-bond acceptors (Lipinski definition) is 3. The molecule has 0 aromatic carbocycles. The number of thioether (sulfide) groups is 1. The summed E-state index contributed by atoms with van der Waals surface area (Å²) < 4.78 is 0.472. The van der Waals surface area contributed by atoms with Gasteiger partial charge >= 0.3 is 0 Å². The van der Waals surface area contributed by atoms with Gasteiger partial charge in [0.1, 0.15) is 0 Å². The number of nitrogens with zero attached hydrogens (tertiary/aromatic N) is 1. The van der Waals surface area contributed by atoms with Crippen molar-refractivity contribution in [1.29, 1.82) is 0 Å². The molecule has 2 heterocycles. The third-order valence-corrected chi connectivity index (χ3v) is 4.63. The van der Waals surface area contributed by atoms with Crippen LogP contribution >= 0.6 is 11.8 Å². The summed E-state index contributed by atoms with van der Waals surface area (Å²) in [4.78, 5) is 4.52. The number of nitrogens with one attached hydrogen (secondary N) is 1. The molecule has 0 radical (unpaired) electrons. The summed E-state index contributed by atoms with van der Waals surface area (Å²) in [6.45, 7) is 4.52. The number of amidine groups is 1. The first-order valence-electron chi connectivity index (χ1n) is 5.70. The van der Waals surface area contributed by atoms with Gasteiger partial charge in [0.25, 0.3) is 0 Å². The van der Waals surface area contributed by atoms with Crippen molar-refractivity contribution in [3.05, 3.63) is 0 Å². The first-order chi connectivity index (χ1) is 6.79. The van der Waals surface area contributed by atoms with Crippen LogP contribution in [0.5, 0.6) is 0 Å². The second-order valence-electron chi connectivity index (χ2n) is 4.54. The normalized spacial score (nSPS) is 32.8. The molecule has 0 aromatic rings. The lowest BCUT2D eigenvalue weighted by Crippen LogP contribution is -2.37. The molecule has 0 aromatic heterocycles. The summed E-state index contributed by atoms with van der Waals surface area (Å²) in [5.41, 5.74) is 0. The first-order valence-corrected chi connectivity index (χ1v) is 6.68. The Kier molecular flexibility index (Phi) is 3.37. The van der Waals surface area contributed by atoms with Crippen LogP contribution in [0.1, 0.15) is 39.0 Å². The summed E-state index contributed by atoms with van der Waals surface area (Å²) in [7, 11) is 0. The molecule has 1 saturated heterocycles. The van der Waals surface area contributed by atoms with Crippen molar-refractivity contribution < 1.29 is 0 Å². The third kappa shape index (κ3) is 2.66. The van der Waals surface area contributed by atoms with Gasteiger partial charge in [0.15, 0.2) is 0 Å². The molecule has 2 rings (SSSR count). The van der Waals surface area contributed by atoms with Crippen LogP contribution in [0, 0.1) is 0 Å². The zero-order chi connectivity index (χ0) is 9.86. The van der Waals surface area contributed by atoms with Crippen LogP contribution in [0.15, 0.2) is 4.99 Å². The van der Waals surface area contributed by atoms with Crippen molar-refractivity contribution in [2.24, 2.45) is 4.99 Å². The molecule has 2 aliphatic heterocycles. The fraction of sp³-hybridized carbons (Fsp3) is 0.909. The van der Waals surface area contributed by atoms with E-state index in [0.29, 0.717) is 4.75 Å². The monoisotopic (exact) mass is 212 g/mol. The Morgan fingerprint density at radius 1 is 1.43 bits per heavy atom. The summed E-state index contributed by atoms with van der Waals surface area (Å²) >= 11 is 2.12. The minimum absolute atomic E-state index is 0.472. The lowest BCUT2D eigenvalue weighted by Gasteiger charge is -2.25. The lowest BCUT2D eigenvalue weighted by molar-refractivity contribution is 0.581. The van der Waals surface area contributed by atoms with Crippen LogP contribution < -0.4 is 5.32 Å². The van der Waals surface area contributed by atoms with Gasteiger partial charge in [-0.2, -0.15) is 11.8 Å². The highest BCUT2D eigenvalue weighted by Crippen LogP contribution is 2.36. The molecule has 0 aliphatic carbocycles. The number of rotatable bonds is 2. The molecule has 1 N–H and O–H groups in total. The molecule has 1 unspecified atom stereocenters. The van der Waals surface area contributed by atoms with E-state index in [1.807, 2.05) is 0 Å². The third-order valence-electron chi connectivity index (χ3n) is 3.09. The van der Waals surface area contributed by atoms with E-state index in [1.54, 1.807) is 0 Å². The van der Waals surface area contributed by atoms with Crippen LogP contribution in [0.2, 0.25) is 0 Å². The smallest absolute Gasteiger partial charge is 0.0963 e. The van der Waals surface area contributed by atoms with Crippen LogP contribution in [-0.4, -0.2) is 29.4 Å². The van der Waals surface area contributed by atoms with E-state index in [2.05, 4.69) is 29.0 Å². The molecule has 80 valence electrons. The molecule has 1 fully saturated rings. The minimum atomic E-state index is 0.472. The number of aliphatic imine (C=N–C) groups is 1. The average Bonchev–Trinajstić information content (AvgIpc) is 2.65. The van der Waals surface area contributed by atoms with E-state index < -0.39 is 0 Å². The van der Waals surface area contributed by atoms with Crippen molar-refractivity contribution in [3.8, 4) is 0 Å². The average molecular weight is 212 g/mol. The van der Waals surface area contributed by atoms with Crippen molar-refractivity contribution >= 4 is 17.6 Å². The molecule has 14 heavy (non-hydrogen) atoms. The molecule has 2 nitrogen and oxygen atoms in total. The summed E-state index contributed by atoms with van der Waals surface area (Å²) in [5, 5.41) is 3.53. The lowest BCUT2D eigenvalue weighted by atomic mass is 10.1. The Hall–Kier alpha value is -0.180. The van der Waals surface area contributed by atoms with Gasteiger partial charge in [0.2, 0.25) is 0 Å². The Bertz CT molecular complexity index is 219. The predicted molar refractivity (Wildman–Crippen MR) is 64.3 cm³/mol. The molecular formula is C11H20N2S. The first kappa shape index (κ1) is 10.3. The second kappa shape index (κ2) is 4.56. The van der Waals surface area contributed by atoms with Gasteiger partial charge in [-0.25, -0.2) is 0 Å². The van der Waals surface area contributed by atoms with Gasteiger partial charge in [0.05, 0.1) is 5.84 Å². The van der Waals surface area contributed by atoms with E-state index in [0.717, 1.165) is 13.1 Å². The molecule has 1 atom stereocenters. The minimum Gasteiger partial charge on any atom is -0.372 e. The van der Waals surface area contributed by atoms with Gasteiger partial charge in [0, 0.05) is 24.3 Å². The summed E-state index contributed by atoms with van der Waals surface area (Å²) in [6.07, 6.45) is 6.50. The van der Waals surface area contributed by atoms with Crippen LogP contribution in [-0.2, 0) is 0 Å². The molecule has 0 spiro atoms. The highest BCUT2D eigenvalue weighted by atomic mass is 32.2. The van der Waals surface area contributed by atoms with E-state index in [1.165, 1.54) is 43.7 Å². The van der Waals surface area contributed by atoms with E-state index in [-0.39, 0.29) is 0 Å². The van der Waals surface area contributed by atoms with Gasteiger partial charge in [-0.1, -0.05) is 0 Å². The SMILES string of the molecule is CC1(CNC2=NCCCC2)CCCS1. The summed E-state index contributed by atoms with van der Waals surface area (Å²) in [5.74, 6) is 2.59. The maximum Gasteiger partial charge on any atom is 0.0963 e.